The lowest BCUT2D eigenvalue weighted by Crippen LogP contribution is -2.07. The summed E-state index contributed by atoms with van der Waals surface area (Å²) >= 11 is 0. The predicted octanol–water partition coefficient (Wildman–Crippen LogP) is 4.89. The predicted molar refractivity (Wildman–Crippen MR) is 91.2 cm³/mol. The Morgan fingerprint density at radius 1 is 1.10 bits per heavy atom. The van der Waals surface area contributed by atoms with Crippen molar-refractivity contribution in [3.8, 4) is 0 Å². The average molecular weight is 282 g/mol. The molecule has 1 aliphatic rings. The maximum absolute atomic E-state index is 5.01. The summed E-state index contributed by atoms with van der Waals surface area (Å²) in [5.74, 6) is 0. The lowest BCUT2D eigenvalue weighted by atomic mass is 9.89. The Balaban J connectivity index is 2.15. The molecule has 0 atom stereocenters. The largest absolute Gasteiger partial charge is 0.384 e. The number of hydrogen-bond acceptors (Lipinski definition) is 2. The Kier molecular flexibility index (Phi) is 4.42. The zero-order valence-electron chi connectivity index (χ0n) is 13.3. The molecule has 2 heteroatoms. The van der Waals surface area contributed by atoms with E-state index in [-0.39, 0.29) is 0 Å². The topological polar surface area (TPSA) is 24.9 Å². The zero-order chi connectivity index (χ0) is 14.7. The Morgan fingerprint density at radius 2 is 1.95 bits per heavy atom. The van der Waals surface area contributed by atoms with Crippen molar-refractivity contribution in [3.05, 3.63) is 35.0 Å². The molecule has 0 radical (unpaired) electrons. The SMILES string of the molecule is CCCNc1cc(CCC)nc2c3c(ccc12)CCCC3. The van der Waals surface area contributed by atoms with Gasteiger partial charge in [-0.1, -0.05) is 32.4 Å². The van der Waals surface area contributed by atoms with Gasteiger partial charge in [0, 0.05) is 23.3 Å². The Bertz CT molecular complexity index is 631. The second-order valence-electron chi connectivity index (χ2n) is 6.14. The number of pyridine rings is 1. The van der Waals surface area contributed by atoms with E-state index < -0.39 is 0 Å². The van der Waals surface area contributed by atoms with Gasteiger partial charge in [0.2, 0.25) is 0 Å². The van der Waals surface area contributed by atoms with Gasteiger partial charge in [-0.15, -0.1) is 0 Å². The summed E-state index contributed by atoms with van der Waals surface area (Å²) in [5.41, 5.74) is 6.81. The maximum atomic E-state index is 5.01. The van der Waals surface area contributed by atoms with Crippen LogP contribution in [0.4, 0.5) is 5.69 Å². The van der Waals surface area contributed by atoms with Gasteiger partial charge in [0.15, 0.2) is 0 Å². The highest BCUT2D eigenvalue weighted by molar-refractivity contribution is 5.94. The van der Waals surface area contributed by atoms with E-state index in [1.54, 1.807) is 0 Å². The van der Waals surface area contributed by atoms with Crippen LogP contribution >= 0.6 is 0 Å². The molecule has 0 amide bonds. The van der Waals surface area contributed by atoms with Gasteiger partial charge >= 0.3 is 0 Å². The van der Waals surface area contributed by atoms with Crippen LogP contribution in [0.25, 0.3) is 10.9 Å². The van der Waals surface area contributed by atoms with Crippen molar-refractivity contribution in [1.82, 2.24) is 4.98 Å². The number of benzene rings is 1. The minimum Gasteiger partial charge on any atom is -0.384 e. The third-order valence-electron chi connectivity index (χ3n) is 4.43. The Morgan fingerprint density at radius 3 is 2.76 bits per heavy atom. The third-order valence-corrected chi connectivity index (χ3v) is 4.43. The van der Waals surface area contributed by atoms with Crippen LogP contribution in [0.1, 0.15) is 56.4 Å². The fourth-order valence-electron chi connectivity index (χ4n) is 3.36. The van der Waals surface area contributed by atoms with Crippen LogP contribution in [0, 0.1) is 0 Å². The molecule has 0 bridgehead atoms. The van der Waals surface area contributed by atoms with Gasteiger partial charge in [-0.2, -0.15) is 0 Å². The van der Waals surface area contributed by atoms with E-state index in [2.05, 4.69) is 37.4 Å². The van der Waals surface area contributed by atoms with Gasteiger partial charge in [-0.3, -0.25) is 4.98 Å². The number of hydrogen-bond donors (Lipinski definition) is 1. The molecule has 21 heavy (non-hydrogen) atoms. The minimum absolute atomic E-state index is 1.03. The van der Waals surface area contributed by atoms with Crippen LogP contribution < -0.4 is 5.32 Å². The number of nitrogens with one attached hydrogen (secondary N) is 1. The smallest absolute Gasteiger partial charge is 0.0760 e. The summed E-state index contributed by atoms with van der Waals surface area (Å²) in [4.78, 5) is 5.01. The Hall–Kier alpha value is -1.57. The molecule has 0 saturated heterocycles. The van der Waals surface area contributed by atoms with Crippen molar-refractivity contribution in [1.29, 1.82) is 0 Å². The number of fused-ring (bicyclic) bond motifs is 3. The van der Waals surface area contributed by atoms with Crippen molar-refractivity contribution < 1.29 is 0 Å². The summed E-state index contributed by atoms with van der Waals surface area (Å²) in [5, 5.41) is 4.91. The van der Waals surface area contributed by atoms with Gasteiger partial charge in [-0.25, -0.2) is 0 Å². The van der Waals surface area contributed by atoms with Crippen LogP contribution in [-0.2, 0) is 19.3 Å². The number of aromatic nitrogens is 1. The molecule has 1 aromatic carbocycles. The first kappa shape index (κ1) is 14.4. The summed E-state index contributed by atoms with van der Waals surface area (Å²) in [6, 6.07) is 6.87. The fourth-order valence-corrected chi connectivity index (χ4v) is 3.36. The van der Waals surface area contributed by atoms with Crippen molar-refractivity contribution in [2.75, 3.05) is 11.9 Å². The Labute approximate surface area is 128 Å². The minimum atomic E-state index is 1.03. The standard InChI is InChI=1S/C19H26N2/c1-3-7-15-13-18(20-12-4-2)17-11-10-14-8-5-6-9-16(14)19(17)21-15/h10-11,13H,3-9,12H2,1-2H3,(H,20,21). The van der Waals surface area contributed by atoms with Crippen LogP contribution in [-0.4, -0.2) is 11.5 Å². The van der Waals surface area contributed by atoms with Gasteiger partial charge in [0.1, 0.15) is 0 Å². The first-order valence-corrected chi connectivity index (χ1v) is 8.51. The lowest BCUT2D eigenvalue weighted by Gasteiger charge is -2.19. The fraction of sp³-hybridized carbons (Fsp3) is 0.526. The van der Waals surface area contributed by atoms with Crippen LogP contribution in [0.3, 0.4) is 0 Å². The monoisotopic (exact) mass is 282 g/mol. The second kappa shape index (κ2) is 6.46. The van der Waals surface area contributed by atoms with E-state index in [4.69, 9.17) is 4.98 Å². The number of nitrogens with zero attached hydrogens (tertiary/aromatic N) is 1. The molecular formula is C19H26N2. The van der Waals surface area contributed by atoms with E-state index in [0.717, 1.165) is 25.8 Å². The van der Waals surface area contributed by atoms with Crippen molar-refractivity contribution in [2.45, 2.75) is 58.8 Å². The molecule has 2 nitrogen and oxygen atoms in total. The quantitative estimate of drug-likeness (QED) is 0.844. The first-order valence-electron chi connectivity index (χ1n) is 8.51. The molecule has 0 fully saturated rings. The second-order valence-corrected chi connectivity index (χ2v) is 6.14. The molecule has 0 unspecified atom stereocenters. The van der Waals surface area contributed by atoms with Gasteiger partial charge in [0.05, 0.1) is 5.52 Å². The molecule has 0 aliphatic heterocycles. The zero-order valence-corrected chi connectivity index (χ0v) is 13.3. The summed E-state index contributed by atoms with van der Waals surface area (Å²) < 4.78 is 0. The lowest BCUT2D eigenvalue weighted by molar-refractivity contribution is 0.688. The highest BCUT2D eigenvalue weighted by Crippen LogP contribution is 2.32. The molecule has 1 aromatic heterocycles. The summed E-state index contributed by atoms with van der Waals surface area (Å²) in [6.07, 6.45) is 8.43. The van der Waals surface area contributed by atoms with Gasteiger partial charge in [0.25, 0.3) is 0 Å². The van der Waals surface area contributed by atoms with E-state index >= 15 is 0 Å². The van der Waals surface area contributed by atoms with Crippen LogP contribution in [0.15, 0.2) is 18.2 Å². The van der Waals surface area contributed by atoms with Crippen molar-refractivity contribution in [2.24, 2.45) is 0 Å². The van der Waals surface area contributed by atoms with Crippen LogP contribution in [0.2, 0.25) is 0 Å². The third kappa shape index (κ3) is 2.90. The highest BCUT2D eigenvalue weighted by Gasteiger charge is 2.15. The average Bonchev–Trinajstić information content (AvgIpc) is 2.52. The van der Waals surface area contributed by atoms with E-state index in [9.17, 15) is 0 Å². The molecule has 0 spiro atoms. The highest BCUT2D eigenvalue weighted by atomic mass is 14.9. The van der Waals surface area contributed by atoms with E-state index in [0.29, 0.717) is 0 Å². The van der Waals surface area contributed by atoms with E-state index in [1.165, 1.54) is 59.1 Å². The molecule has 0 saturated carbocycles. The van der Waals surface area contributed by atoms with Gasteiger partial charge < -0.3 is 5.32 Å². The molecular weight excluding hydrogens is 256 g/mol. The normalized spacial score (nSPS) is 14.2. The number of anilines is 1. The molecule has 1 N–H and O–H groups in total. The van der Waals surface area contributed by atoms with Gasteiger partial charge in [-0.05, 0) is 55.7 Å². The number of rotatable bonds is 5. The van der Waals surface area contributed by atoms with Crippen molar-refractivity contribution in [3.63, 3.8) is 0 Å². The molecule has 3 rings (SSSR count). The summed E-state index contributed by atoms with van der Waals surface area (Å²) in [6.45, 7) is 5.47. The molecule has 112 valence electrons. The molecule has 1 heterocycles. The van der Waals surface area contributed by atoms with Crippen molar-refractivity contribution >= 4 is 16.6 Å². The molecule has 2 aromatic rings. The van der Waals surface area contributed by atoms with E-state index in [1.807, 2.05) is 0 Å². The maximum Gasteiger partial charge on any atom is 0.0760 e. The first-order chi connectivity index (χ1) is 10.3. The molecule has 1 aliphatic carbocycles. The summed E-state index contributed by atoms with van der Waals surface area (Å²) in [7, 11) is 0. The number of aryl methyl sites for hydroxylation is 3. The van der Waals surface area contributed by atoms with Crippen LogP contribution in [0.5, 0.6) is 0 Å².